The molecule has 1 aliphatic rings. The third-order valence-corrected chi connectivity index (χ3v) is 3.69. The van der Waals surface area contributed by atoms with Crippen molar-refractivity contribution in [2.45, 2.75) is 0 Å². The molecule has 4 rings (SSSR count). The van der Waals surface area contributed by atoms with Gasteiger partial charge in [0.1, 0.15) is 0 Å². The van der Waals surface area contributed by atoms with Gasteiger partial charge in [-0.05, 0) is 23.8 Å². The van der Waals surface area contributed by atoms with Crippen LogP contribution in [0.15, 0.2) is 48.7 Å². The molecule has 102 valence electrons. The molecule has 0 atom stereocenters. The van der Waals surface area contributed by atoms with Crippen LogP contribution >= 0.6 is 0 Å². The second kappa shape index (κ2) is 4.21. The monoisotopic (exact) mass is 276 g/mol. The van der Waals surface area contributed by atoms with Crippen molar-refractivity contribution in [3.05, 3.63) is 59.8 Å². The molecule has 4 N–H and O–H groups in total. The Kier molecular flexibility index (Phi) is 2.35. The molecule has 21 heavy (non-hydrogen) atoms. The Balaban J connectivity index is 1.93. The summed E-state index contributed by atoms with van der Waals surface area (Å²) in [5.41, 5.74) is 10.6. The summed E-state index contributed by atoms with van der Waals surface area (Å²) < 4.78 is 0. The number of nitrogens with two attached hydrogens (primary N) is 1. The number of aromatic nitrogens is 2. The molecule has 0 saturated carbocycles. The third-order valence-electron chi connectivity index (χ3n) is 3.69. The summed E-state index contributed by atoms with van der Waals surface area (Å²) >= 11 is 0. The Morgan fingerprint density at radius 2 is 2.00 bits per heavy atom. The number of carbonyl (C=O) groups is 1. The summed E-state index contributed by atoms with van der Waals surface area (Å²) in [4.78, 5) is 12.2. The van der Waals surface area contributed by atoms with Crippen molar-refractivity contribution in [3.63, 3.8) is 0 Å². The first-order chi connectivity index (χ1) is 10.2. The number of amides is 1. The average molecular weight is 276 g/mol. The lowest BCUT2D eigenvalue weighted by molar-refractivity contribution is -0.110. The van der Waals surface area contributed by atoms with E-state index in [2.05, 4.69) is 15.5 Å². The molecular weight excluding hydrogens is 264 g/mol. The van der Waals surface area contributed by atoms with Gasteiger partial charge in [-0.25, -0.2) is 0 Å². The Labute approximate surface area is 120 Å². The standard InChI is InChI=1S/C16H12N4O/c17-15(9-5-6-12-10(7-9)8-18-20-12)14-11-3-1-2-4-13(11)19-16(14)21/h1-8H,17H2,(H,18,20)(H,19,21). The molecule has 3 aromatic rings. The van der Waals surface area contributed by atoms with Gasteiger partial charge >= 0.3 is 0 Å². The van der Waals surface area contributed by atoms with Crippen LogP contribution in [-0.2, 0) is 4.79 Å². The molecule has 0 bridgehead atoms. The Morgan fingerprint density at radius 3 is 2.90 bits per heavy atom. The van der Waals surface area contributed by atoms with Gasteiger partial charge in [-0.3, -0.25) is 9.89 Å². The number of para-hydroxylation sites is 1. The molecule has 2 aromatic carbocycles. The lowest BCUT2D eigenvalue weighted by atomic mass is 10.0. The van der Waals surface area contributed by atoms with E-state index in [0.29, 0.717) is 11.3 Å². The number of anilines is 1. The fraction of sp³-hybridized carbons (Fsp3) is 0. The number of benzene rings is 2. The smallest absolute Gasteiger partial charge is 0.258 e. The summed E-state index contributed by atoms with van der Waals surface area (Å²) in [6.45, 7) is 0. The minimum Gasteiger partial charge on any atom is -0.398 e. The SMILES string of the molecule is NC(=C1C(=O)Nc2ccccc21)c1ccc2[nH]ncc2c1. The van der Waals surface area contributed by atoms with Gasteiger partial charge in [0.15, 0.2) is 0 Å². The first-order valence-corrected chi connectivity index (χ1v) is 6.58. The number of nitrogens with one attached hydrogen (secondary N) is 2. The summed E-state index contributed by atoms with van der Waals surface area (Å²) in [6.07, 6.45) is 1.74. The van der Waals surface area contributed by atoms with Crippen molar-refractivity contribution in [2.75, 3.05) is 5.32 Å². The summed E-state index contributed by atoms with van der Waals surface area (Å²) in [6, 6.07) is 13.3. The summed E-state index contributed by atoms with van der Waals surface area (Å²) in [7, 11) is 0. The van der Waals surface area contributed by atoms with Crippen LogP contribution in [0.1, 0.15) is 11.1 Å². The predicted molar refractivity (Wildman–Crippen MR) is 82.2 cm³/mol. The average Bonchev–Trinajstić information content (AvgIpc) is 3.08. The summed E-state index contributed by atoms with van der Waals surface area (Å²) in [5, 5.41) is 10.7. The highest BCUT2D eigenvalue weighted by Gasteiger charge is 2.26. The molecule has 0 unspecified atom stereocenters. The molecular formula is C16H12N4O. The normalized spacial score (nSPS) is 15.9. The van der Waals surface area contributed by atoms with E-state index in [9.17, 15) is 4.79 Å². The first kappa shape index (κ1) is 11.7. The van der Waals surface area contributed by atoms with Crippen molar-refractivity contribution in [1.29, 1.82) is 0 Å². The quantitative estimate of drug-likeness (QED) is 0.596. The number of hydrogen-bond acceptors (Lipinski definition) is 3. The maximum absolute atomic E-state index is 12.2. The topological polar surface area (TPSA) is 83.8 Å². The molecule has 1 amide bonds. The third kappa shape index (κ3) is 1.71. The molecule has 0 aliphatic carbocycles. The highest BCUT2D eigenvalue weighted by atomic mass is 16.2. The van der Waals surface area contributed by atoms with Gasteiger partial charge in [0.2, 0.25) is 0 Å². The second-order valence-electron chi connectivity index (χ2n) is 4.96. The molecule has 0 saturated heterocycles. The Hall–Kier alpha value is -3.08. The highest BCUT2D eigenvalue weighted by molar-refractivity contribution is 6.36. The first-order valence-electron chi connectivity index (χ1n) is 6.58. The number of aromatic amines is 1. The van der Waals surface area contributed by atoms with Crippen LogP contribution in [0.25, 0.3) is 22.2 Å². The minimum absolute atomic E-state index is 0.166. The van der Waals surface area contributed by atoms with E-state index in [4.69, 9.17) is 5.73 Å². The number of fused-ring (bicyclic) bond motifs is 2. The van der Waals surface area contributed by atoms with Crippen molar-refractivity contribution in [2.24, 2.45) is 5.73 Å². The zero-order valence-electron chi connectivity index (χ0n) is 11.1. The zero-order chi connectivity index (χ0) is 14.4. The number of H-pyrrole nitrogens is 1. The number of nitrogens with zero attached hydrogens (tertiary/aromatic N) is 1. The fourth-order valence-electron chi connectivity index (χ4n) is 2.64. The van der Waals surface area contributed by atoms with E-state index < -0.39 is 0 Å². The fourth-order valence-corrected chi connectivity index (χ4v) is 2.64. The van der Waals surface area contributed by atoms with Crippen LogP contribution in [0.5, 0.6) is 0 Å². The largest absolute Gasteiger partial charge is 0.398 e. The van der Waals surface area contributed by atoms with Crippen LogP contribution < -0.4 is 11.1 Å². The van der Waals surface area contributed by atoms with E-state index in [-0.39, 0.29) is 5.91 Å². The Bertz CT molecular complexity index is 907. The molecule has 5 heteroatoms. The maximum atomic E-state index is 12.2. The van der Waals surface area contributed by atoms with E-state index in [0.717, 1.165) is 27.7 Å². The van der Waals surface area contributed by atoms with E-state index in [1.807, 2.05) is 42.5 Å². The van der Waals surface area contributed by atoms with Crippen LogP contribution in [0.4, 0.5) is 5.69 Å². The van der Waals surface area contributed by atoms with Crippen LogP contribution in [0, 0.1) is 0 Å². The molecule has 1 aliphatic heterocycles. The Morgan fingerprint density at radius 1 is 1.14 bits per heavy atom. The number of hydrogen-bond donors (Lipinski definition) is 3. The van der Waals surface area contributed by atoms with Crippen molar-refractivity contribution >= 4 is 33.8 Å². The van der Waals surface area contributed by atoms with Crippen molar-refractivity contribution in [3.8, 4) is 0 Å². The molecule has 0 spiro atoms. The predicted octanol–water partition coefficient (Wildman–Crippen LogP) is 2.34. The van der Waals surface area contributed by atoms with E-state index in [1.165, 1.54) is 0 Å². The lowest BCUT2D eigenvalue weighted by Gasteiger charge is -2.06. The number of rotatable bonds is 1. The minimum atomic E-state index is -0.166. The van der Waals surface area contributed by atoms with Crippen LogP contribution in [-0.4, -0.2) is 16.1 Å². The molecule has 2 heterocycles. The number of carbonyl (C=O) groups excluding carboxylic acids is 1. The van der Waals surface area contributed by atoms with Gasteiger partial charge in [-0.2, -0.15) is 5.10 Å². The molecule has 0 radical (unpaired) electrons. The van der Waals surface area contributed by atoms with Gasteiger partial charge < -0.3 is 11.1 Å². The zero-order valence-corrected chi connectivity index (χ0v) is 11.1. The van der Waals surface area contributed by atoms with Crippen molar-refractivity contribution < 1.29 is 4.79 Å². The van der Waals surface area contributed by atoms with Crippen LogP contribution in [0.3, 0.4) is 0 Å². The highest BCUT2D eigenvalue weighted by Crippen LogP contribution is 2.35. The second-order valence-corrected chi connectivity index (χ2v) is 4.96. The van der Waals surface area contributed by atoms with Gasteiger partial charge in [0.05, 0.1) is 23.0 Å². The van der Waals surface area contributed by atoms with Gasteiger partial charge in [0, 0.05) is 16.6 Å². The molecule has 1 aromatic heterocycles. The van der Waals surface area contributed by atoms with E-state index in [1.54, 1.807) is 6.20 Å². The van der Waals surface area contributed by atoms with Gasteiger partial charge in [-0.1, -0.05) is 24.3 Å². The molecule has 0 fully saturated rings. The van der Waals surface area contributed by atoms with Crippen molar-refractivity contribution in [1.82, 2.24) is 10.2 Å². The molecule has 5 nitrogen and oxygen atoms in total. The van der Waals surface area contributed by atoms with Gasteiger partial charge in [-0.15, -0.1) is 0 Å². The van der Waals surface area contributed by atoms with Crippen LogP contribution in [0.2, 0.25) is 0 Å². The maximum Gasteiger partial charge on any atom is 0.258 e. The summed E-state index contributed by atoms with van der Waals surface area (Å²) in [5.74, 6) is -0.166. The van der Waals surface area contributed by atoms with E-state index >= 15 is 0 Å². The lowest BCUT2D eigenvalue weighted by Crippen LogP contribution is -2.09. The van der Waals surface area contributed by atoms with Gasteiger partial charge in [0.25, 0.3) is 5.91 Å².